The number of piperidine rings is 1. The van der Waals surface area contributed by atoms with Gasteiger partial charge in [0, 0.05) is 19.0 Å². The summed E-state index contributed by atoms with van der Waals surface area (Å²) in [5.41, 5.74) is 0.459. The van der Waals surface area contributed by atoms with Gasteiger partial charge in [-0.25, -0.2) is 0 Å². The number of nitrogens with zero attached hydrogens (tertiary/aromatic N) is 1. The van der Waals surface area contributed by atoms with E-state index in [4.69, 9.17) is 0 Å². The molecule has 2 aliphatic rings. The van der Waals surface area contributed by atoms with E-state index in [1.807, 2.05) is 0 Å². The molecule has 1 heterocycles. The largest absolute Gasteiger partial charge is 0.342 e. The van der Waals surface area contributed by atoms with Gasteiger partial charge in [-0.05, 0) is 31.1 Å². The van der Waals surface area contributed by atoms with Crippen molar-refractivity contribution in [1.82, 2.24) is 4.90 Å². The second-order valence-corrected chi connectivity index (χ2v) is 5.26. The molecule has 0 unspecified atom stereocenters. The molecule has 0 N–H and O–H groups in total. The molecule has 0 atom stereocenters. The van der Waals surface area contributed by atoms with E-state index in [-0.39, 0.29) is 0 Å². The Hall–Kier alpha value is -0.530. The van der Waals surface area contributed by atoms with Gasteiger partial charge in [0.1, 0.15) is 0 Å². The number of hydrogen-bond acceptors (Lipinski definition) is 1. The minimum absolute atomic E-state index is 0.404. The fourth-order valence-corrected chi connectivity index (χ4v) is 1.92. The van der Waals surface area contributed by atoms with Crippen LogP contribution in [-0.4, -0.2) is 23.9 Å². The molecule has 2 heteroatoms. The Balaban J connectivity index is 1.86. The Morgan fingerprint density at radius 1 is 1.23 bits per heavy atom. The van der Waals surface area contributed by atoms with Crippen LogP contribution >= 0.6 is 0 Å². The van der Waals surface area contributed by atoms with Crippen molar-refractivity contribution in [3.63, 3.8) is 0 Å². The first-order chi connectivity index (χ1) is 6.08. The number of carbonyl (C=O) groups excluding carboxylic acids is 1. The lowest BCUT2D eigenvalue weighted by atomic mass is 9.82. The maximum absolute atomic E-state index is 11.7. The SMILES string of the molecule is CC1(C)CCN(C(=O)C2CC2)CC1. The zero-order chi connectivity index (χ0) is 9.47. The topological polar surface area (TPSA) is 20.3 Å². The molecule has 0 spiro atoms. The molecule has 2 rings (SSSR count). The molecule has 74 valence electrons. The maximum atomic E-state index is 11.7. The minimum Gasteiger partial charge on any atom is -0.342 e. The van der Waals surface area contributed by atoms with Crippen LogP contribution in [0.3, 0.4) is 0 Å². The highest BCUT2D eigenvalue weighted by atomic mass is 16.2. The third-order valence-electron chi connectivity index (χ3n) is 3.36. The lowest BCUT2D eigenvalue weighted by molar-refractivity contribution is -0.134. The first kappa shape index (κ1) is 9.04. The molecular weight excluding hydrogens is 162 g/mol. The highest BCUT2D eigenvalue weighted by Crippen LogP contribution is 2.35. The molecule has 0 bridgehead atoms. The molecular formula is C11H19NO. The third kappa shape index (κ3) is 2.04. The summed E-state index contributed by atoms with van der Waals surface area (Å²) in [4.78, 5) is 13.8. The van der Waals surface area contributed by atoms with E-state index in [0.29, 0.717) is 17.2 Å². The summed E-state index contributed by atoms with van der Waals surface area (Å²) in [6, 6.07) is 0. The van der Waals surface area contributed by atoms with Crippen LogP contribution in [0.5, 0.6) is 0 Å². The van der Waals surface area contributed by atoms with Gasteiger partial charge < -0.3 is 4.90 Å². The van der Waals surface area contributed by atoms with Gasteiger partial charge in [-0.1, -0.05) is 13.8 Å². The fourth-order valence-electron chi connectivity index (χ4n) is 1.92. The molecule has 1 saturated heterocycles. The quantitative estimate of drug-likeness (QED) is 0.606. The number of likely N-dealkylation sites (tertiary alicyclic amines) is 1. The van der Waals surface area contributed by atoms with Gasteiger partial charge in [-0.2, -0.15) is 0 Å². The summed E-state index contributed by atoms with van der Waals surface area (Å²) in [6.07, 6.45) is 4.62. The van der Waals surface area contributed by atoms with Crippen molar-refractivity contribution < 1.29 is 4.79 Å². The first-order valence-corrected chi connectivity index (χ1v) is 5.37. The van der Waals surface area contributed by atoms with Gasteiger partial charge in [0.05, 0.1) is 0 Å². The number of hydrogen-bond donors (Lipinski definition) is 0. The average Bonchev–Trinajstić information content (AvgIpc) is 2.85. The van der Waals surface area contributed by atoms with Crippen LogP contribution in [0.1, 0.15) is 39.5 Å². The van der Waals surface area contributed by atoms with Crippen LogP contribution in [-0.2, 0) is 4.79 Å². The lowest BCUT2D eigenvalue weighted by Crippen LogP contribution is -2.41. The van der Waals surface area contributed by atoms with Crippen LogP contribution in [0.25, 0.3) is 0 Å². The first-order valence-electron chi connectivity index (χ1n) is 5.37. The molecule has 0 aromatic rings. The molecule has 0 aromatic carbocycles. The van der Waals surface area contributed by atoms with Crippen molar-refractivity contribution in [2.75, 3.05) is 13.1 Å². The molecule has 0 aromatic heterocycles. The van der Waals surface area contributed by atoms with E-state index < -0.39 is 0 Å². The van der Waals surface area contributed by atoms with Crippen molar-refractivity contribution in [2.24, 2.45) is 11.3 Å². The van der Waals surface area contributed by atoms with Crippen molar-refractivity contribution in [3.8, 4) is 0 Å². The summed E-state index contributed by atoms with van der Waals surface area (Å²) in [7, 11) is 0. The number of carbonyl (C=O) groups is 1. The average molecular weight is 181 g/mol. The highest BCUT2D eigenvalue weighted by molar-refractivity contribution is 5.81. The van der Waals surface area contributed by atoms with Crippen LogP contribution in [0.15, 0.2) is 0 Å². The molecule has 0 radical (unpaired) electrons. The van der Waals surface area contributed by atoms with Crippen molar-refractivity contribution >= 4 is 5.91 Å². The molecule has 1 aliphatic carbocycles. The Labute approximate surface area is 80.3 Å². The maximum Gasteiger partial charge on any atom is 0.225 e. The molecule has 2 nitrogen and oxygen atoms in total. The fraction of sp³-hybridized carbons (Fsp3) is 0.909. The van der Waals surface area contributed by atoms with Crippen LogP contribution in [0.2, 0.25) is 0 Å². The van der Waals surface area contributed by atoms with Gasteiger partial charge in [0.25, 0.3) is 0 Å². The van der Waals surface area contributed by atoms with E-state index >= 15 is 0 Å². The van der Waals surface area contributed by atoms with Gasteiger partial charge in [-0.15, -0.1) is 0 Å². The Morgan fingerprint density at radius 3 is 2.23 bits per heavy atom. The third-order valence-corrected chi connectivity index (χ3v) is 3.36. The molecule has 1 aliphatic heterocycles. The van der Waals surface area contributed by atoms with E-state index in [1.165, 1.54) is 12.8 Å². The van der Waals surface area contributed by atoms with Gasteiger partial charge >= 0.3 is 0 Å². The van der Waals surface area contributed by atoms with Crippen LogP contribution < -0.4 is 0 Å². The molecule has 2 fully saturated rings. The molecule has 13 heavy (non-hydrogen) atoms. The number of amides is 1. The van der Waals surface area contributed by atoms with Crippen LogP contribution in [0.4, 0.5) is 0 Å². The standard InChI is InChI=1S/C11H19NO/c1-11(2)5-7-12(8-6-11)10(13)9-3-4-9/h9H,3-8H2,1-2H3. The van der Waals surface area contributed by atoms with Crippen LogP contribution in [0, 0.1) is 11.3 Å². The van der Waals surface area contributed by atoms with E-state index in [0.717, 1.165) is 25.9 Å². The molecule has 1 amide bonds. The zero-order valence-electron chi connectivity index (χ0n) is 8.68. The second kappa shape index (κ2) is 3.00. The highest BCUT2D eigenvalue weighted by Gasteiger charge is 2.36. The Bertz CT molecular complexity index is 208. The summed E-state index contributed by atoms with van der Waals surface area (Å²) in [6.45, 7) is 6.57. The normalized spacial score (nSPS) is 27.4. The van der Waals surface area contributed by atoms with Crippen molar-refractivity contribution in [2.45, 2.75) is 39.5 Å². The zero-order valence-corrected chi connectivity index (χ0v) is 8.68. The second-order valence-electron chi connectivity index (χ2n) is 5.26. The Kier molecular flexibility index (Phi) is 2.09. The summed E-state index contributed by atoms with van der Waals surface area (Å²) < 4.78 is 0. The summed E-state index contributed by atoms with van der Waals surface area (Å²) in [5, 5.41) is 0. The smallest absolute Gasteiger partial charge is 0.225 e. The number of rotatable bonds is 1. The van der Waals surface area contributed by atoms with E-state index in [1.54, 1.807) is 0 Å². The summed E-state index contributed by atoms with van der Waals surface area (Å²) >= 11 is 0. The lowest BCUT2D eigenvalue weighted by Gasteiger charge is -2.37. The van der Waals surface area contributed by atoms with Gasteiger partial charge in [-0.3, -0.25) is 4.79 Å². The van der Waals surface area contributed by atoms with Gasteiger partial charge in [0.2, 0.25) is 5.91 Å². The Morgan fingerprint density at radius 2 is 1.77 bits per heavy atom. The predicted octanol–water partition coefficient (Wildman–Crippen LogP) is 2.04. The monoisotopic (exact) mass is 181 g/mol. The molecule has 1 saturated carbocycles. The minimum atomic E-state index is 0.404. The van der Waals surface area contributed by atoms with Crippen molar-refractivity contribution in [1.29, 1.82) is 0 Å². The van der Waals surface area contributed by atoms with E-state index in [9.17, 15) is 4.79 Å². The predicted molar refractivity (Wildman–Crippen MR) is 52.3 cm³/mol. The van der Waals surface area contributed by atoms with Gasteiger partial charge in [0.15, 0.2) is 0 Å². The van der Waals surface area contributed by atoms with Crippen molar-refractivity contribution in [3.05, 3.63) is 0 Å². The summed E-state index contributed by atoms with van der Waals surface area (Å²) in [5.74, 6) is 0.830. The van der Waals surface area contributed by atoms with E-state index in [2.05, 4.69) is 18.7 Å².